The lowest BCUT2D eigenvalue weighted by Crippen LogP contribution is -2.46. The summed E-state index contributed by atoms with van der Waals surface area (Å²) in [6, 6.07) is 2.34. The van der Waals surface area contributed by atoms with Crippen molar-refractivity contribution in [2.45, 2.75) is 71.3 Å². The Hall–Kier alpha value is -2.02. The highest BCUT2D eigenvalue weighted by Gasteiger charge is 2.28. The van der Waals surface area contributed by atoms with Gasteiger partial charge in [-0.2, -0.15) is 4.98 Å². The van der Waals surface area contributed by atoms with Gasteiger partial charge >= 0.3 is 0 Å². The van der Waals surface area contributed by atoms with Crippen LogP contribution in [0.15, 0.2) is 6.07 Å². The van der Waals surface area contributed by atoms with Crippen LogP contribution >= 0.6 is 0 Å². The third-order valence-corrected chi connectivity index (χ3v) is 6.15. The van der Waals surface area contributed by atoms with Crippen molar-refractivity contribution in [3.8, 4) is 0 Å². The van der Waals surface area contributed by atoms with Gasteiger partial charge in [0.05, 0.1) is 6.42 Å². The van der Waals surface area contributed by atoms with Crippen molar-refractivity contribution in [2.24, 2.45) is 0 Å². The standard InChI is InChI=1S/C21H32N6O/c1-16-14-17(2)27-21(22-16)23-19(24-27)15-20(28)26-12-7-4-8-18(26)9-13-25-10-5-3-6-11-25/h14,18H,3-13,15H2,1-2H3. The summed E-state index contributed by atoms with van der Waals surface area (Å²) in [6.07, 6.45) is 8.81. The van der Waals surface area contributed by atoms with Gasteiger partial charge in [0.2, 0.25) is 5.91 Å². The Kier molecular flexibility index (Phi) is 5.90. The summed E-state index contributed by atoms with van der Waals surface area (Å²) in [5, 5.41) is 4.52. The Labute approximate surface area is 167 Å². The van der Waals surface area contributed by atoms with Crippen molar-refractivity contribution < 1.29 is 4.79 Å². The summed E-state index contributed by atoms with van der Waals surface area (Å²) < 4.78 is 1.74. The van der Waals surface area contributed by atoms with Crippen molar-refractivity contribution >= 4 is 11.7 Å². The normalized spacial score (nSPS) is 21.4. The Morgan fingerprint density at radius 3 is 2.68 bits per heavy atom. The number of carbonyl (C=O) groups excluding carboxylic acids is 1. The first-order chi connectivity index (χ1) is 13.6. The molecule has 2 aliphatic rings. The number of carbonyl (C=O) groups is 1. The van der Waals surface area contributed by atoms with Gasteiger partial charge in [-0.1, -0.05) is 6.42 Å². The molecule has 1 atom stereocenters. The predicted octanol–water partition coefficient (Wildman–Crippen LogP) is 2.54. The first kappa shape index (κ1) is 19.3. The van der Waals surface area contributed by atoms with Gasteiger partial charge in [0.1, 0.15) is 0 Å². The number of aryl methyl sites for hydroxylation is 2. The fourth-order valence-corrected chi connectivity index (χ4v) is 4.66. The number of amides is 1. The van der Waals surface area contributed by atoms with Crippen LogP contribution < -0.4 is 0 Å². The lowest BCUT2D eigenvalue weighted by atomic mass is 9.98. The lowest BCUT2D eigenvalue weighted by molar-refractivity contribution is -0.134. The Morgan fingerprint density at radius 2 is 1.86 bits per heavy atom. The van der Waals surface area contributed by atoms with Crippen LogP contribution in [0.25, 0.3) is 5.78 Å². The maximum Gasteiger partial charge on any atom is 0.252 e. The zero-order valence-corrected chi connectivity index (χ0v) is 17.2. The van der Waals surface area contributed by atoms with E-state index in [2.05, 4.69) is 24.9 Å². The maximum atomic E-state index is 13.1. The number of likely N-dealkylation sites (tertiary alicyclic amines) is 2. The van der Waals surface area contributed by atoms with Crippen molar-refractivity contribution in [3.63, 3.8) is 0 Å². The molecule has 2 aromatic rings. The number of piperidine rings is 2. The minimum Gasteiger partial charge on any atom is -0.339 e. The monoisotopic (exact) mass is 384 g/mol. The largest absolute Gasteiger partial charge is 0.339 e. The fraction of sp³-hybridized carbons (Fsp3) is 0.714. The van der Waals surface area contributed by atoms with Crippen LogP contribution in [0.1, 0.15) is 62.2 Å². The van der Waals surface area contributed by atoms with Crippen molar-refractivity contribution in [1.29, 1.82) is 0 Å². The SMILES string of the molecule is Cc1cc(C)n2nc(CC(=O)N3CCCCC3CCN3CCCCC3)nc2n1. The average molecular weight is 385 g/mol. The zero-order valence-electron chi connectivity index (χ0n) is 17.2. The number of hydrogen-bond donors (Lipinski definition) is 0. The summed E-state index contributed by atoms with van der Waals surface area (Å²) in [5.41, 5.74) is 1.91. The Balaban J connectivity index is 1.41. The van der Waals surface area contributed by atoms with Crippen LogP contribution in [0.2, 0.25) is 0 Å². The summed E-state index contributed by atoms with van der Waals surface area (Å²) in [6.45, 7) is 8.36. The third-order valence-electron chi connectivity index (χ3n) is 6.15. The van der Waals surface area contributed by atoms with Crippen LogP contribution in [0.3, 0.4) is 0 Å². The number of hydrogen-bond acceptors (Lipinski definition) is 5. The van der Waals surface area contributed by atoms with Crippen LogP contribution in [0.5, 0.6) is 0 Å². The molecule has 1 unspecified atom stereocenters. The molecule has 0 radical (unpaired) electrons. The van der Waals surface area contributed by atoms with Gasteiger partial charge in [0.25, 0.3) is 5.78 Å². The van der Waals surface area contributed by atoms with Gasteiger partial charge in [0.15, 0.2) is 5.82 Å². The molecular formula is C21H32N6O. The molecule has 2 saturated heterocycles. The molecule has 4 heterocycles. The van der Waals surface area contributed by atoms with E-state index >= 15 is 0 Å². The Morgan fingerprint density at radius 1 is 1.07 bits per heavy atom. The van der Waals surface area contributed by atoms with E-state index in [9.17, 15) is 4.79 Å². The van der Waals surface area contributed by atoms with Gasteiger partial charge in [-0.05, 0) is 71.5 Å². The van der Waals surface area contributed by atoms with E-state index in [-0.39, 0.29) is 12.3 Å². The quantitative estimate of drug-likeness (QED) is 0.793. The van der Waals surface area contributed by atoms with E-state index in [0.29, 0.717) is 17.6 Å². The van der Waals surface area contributed by atoms with Crippen molar-refractivity contribution in [1.82, 2.24) is 29.4 Å². The summed E-state index contributed by atoms with van der Waals surface area (Å²) >= 11 is 0. The van der Waals surface area contributed by atoms with Gasteiger partial charge in [0, 0.05) is 30.5 Å². The summed E-state index contributed by atoms with van der Waals surface area (Å²) in [4.78, 5) is 26.7. The molecule has 2 aliphatic heterocycles. The molecule has 4 rings (SSSR count). The van der Waals surface area contributed by atoms with E-state index in [1.165, 1.54) is 38.8 Å². The molecule has 2 fully saturated rings. The first-order valence-corrected chi connectivity index (χ1v) is 10.8. The molecule has 2 aromatic heterocycles. The van der Waals surface area contributed by atoms with E-state index in [1.54, 1.807) is 4.52 Å². The molecule has 7 heteroatoms. The summed E-state index contributed by atoms with van der Waals surface area (Å²) in [7, 11) is 0. The van der Waals surface area contributed by atoms with Crippen LogP contribution in [-0.4, -0.2) is 67.5 Å². The smallest absolute Gasteiger partial charge is 0.252 e. The molecule has 0 spiro atoms. The molecule has 0 N–H and O–H groups in total. The molecule has 28 heavy (non-hydrogen) atoms. The van der Waals surface area contributed by atoms with Crippen LogP contribution in [0, 0.1) is 13.8 Å². The van der Waals surface area contributed by atoms with Gasteiger partial charge in [-0.3, -0.25) is 4.79 Å². The maximum absolute atomic E-state index is 13.1. The number of nitrogens with zero attached hydrogens (tertiary/aromatic N) is 6. The van der Waals surface area contributed by atoms with E-state index in [1.807, 2.05) is 19.9 Å². The summed E-state index contributed by atoms with van der Waals surface area (Å²) in [5.74, 6) is 1.32. The average Bonchev–Trinajstić information content (AvgIpc) is 3.10. The minimum atomic E-state index is 0.161. The molecule has 1 amide bonds. The zero-order chi connectivity index (χ0) is 19.5. The van der Waals surface area contributed by atoms with Crippen LogP contribution in [0.4, 0.5) is 0 Å². The second-order valence-corrected chi connectivity index (χ2v) is 8.38. The van der Waals surface area contributed by atoms with E-state index in [0.717, 1.165) is 43.7 Å². The van der Waals surface area contributed by atoms with Crippen LogP contribution in [-0.2, 0) is 11.2 Å². The highest BCUT2D eigenvalue weighted by Crippen LogP contribution is 2.22. The van der Waals surface area contributed by atoms with Gasteiger partial charge < -0.3 is 9.80 Å². The second kappa shape index (κ2) is 8.55. The molecule has 7 nitrogen and oxygen atoms in total. The third kappa shape index (κ3) is 4.35. The van der Waals surface area contributed by atoms with Crippen molar-refractivity contribution in [2.75, 3.05) is 26.2 Å². The molecular weight excluding hydrogens is 352 g/mol. The minimum absolute atomic E-state index is 0.161. The molecule has 0 bridgehead atoms. The molecule has 0 aromatic carbocycles. The fourth-order valence-electron chi connectivity index (χ4n) is 4.66. The number of aromatic nitrogens is 4. The second-order valence-electron chi connectivity index (χ2n) is 8.38. The van der Waals surface area contributed by atoms with E-state index in [4.69, 9.17) is 0 Å². The van der Waals surface area contributed by atoms with Crippen molar-refractivity contribution in [3.05, 3.63) is 23.3 Å². The first-order valence-electron chi connectivity index (χ1n) is 10.8. The topological polar surface area (TPSA) is 66.6 Å². The highest BCUT2D eigenvalue weighted by molar-refractivity contribution is 5.78. The molecule has 152 valence electrons. The molecule has 0 saturated carbocycles. The predicted molar refractivity (Wildman–Crippen MR) is 108 cm³/mol. The van der Waals surface area contributed by atoms with Gasteiger partial charge in [-0.25, -0.2) is 9.50 Å². The highest BCUT2D eigenvalue weighted by atomic mass is 16.2. The number of rotatable bonds is 5. The number of fused-ring (bicyclic) bond motifs is 1. The van der Waals surface area contributed by atoms with E-state index < -0.39 is 0 Å². The molecule has 0 aliphatic carbocycles. The van der Waals surface area contributed by atoms with Gasteiger partial charge in [-0.15, -0.1) is 5.10 Å². The Bertz CT molecular complexity index is 826. The lowest BCUT2D eigenvalue weighted by Gasteiger charge is -2.37.